The number of aliphatic hydroxyl groups excluding tert-OH is 5. The van der Waals surface area contributed by atoms with Crippen molar-refractivity contribution in [3.63, 3.8) is 0 Å². The first kappa shape index (κ1) is 15.8. The number of H-pyrrole nitrogens is 1. The van der Waals surface area contributed by atoms with E-state index in [1.807, 2.05) is 0 Å². The Labute approximate surface area is 117 Å². The molecule has 0 spiro atoms. The summed E-state index contributed by atoms with van der Waals surface area (Å²) in [6.07, 6.45) is -6.93. The molecule has 2 heterocycles. The molecule has 0 aromatic carbocycles. The summed E-state index contributed by atoms with van der Waals surface area (Å²) in [4.78, 5) is 26.0. The van der Waals surface area contributed by atoms with Gasteiger partial charge in [0.25, 0.3) is 5.56 Å². The van der Waals surface area contributed by atoms with Gasteiger partial charge in [0.1, 0.15) is 24.4 Å². The fraction of sp³-hybridized carbons (Fsp3) is 0.636. The normalized spacial score (nSPS) is 33.1. The average molecular weight is 304 g/mol. The van der Waals surface area contributed by atoms with Gasteiger partial charge in [0.05, 0.1) is 18.8 Å². The molecule has 1 fully saturated rings. The van der Waals surface area contributed by atoms with E-state index in [-0.39, 0.29) is 5.56 Å². The van der Waals surface area contributed by atoms with Crippen molar-refractivity contribution in [2.24, 2.45) is 0 Å². The number of hydrogen-bond donors (Lipinski definition) is 6. The predicted molar refractivity (Wildman–Crippen MR) is 66.3 cm³/mol. The second-order valence-electron chi connectivity index (χ2n) is 4.67. The zero-order chi connectivity index (χ0) is 15.7. The van der Waals surface area contributed by atoms with Crippen molar-refractivity contribution in [1.82, 2.24) is 9.55 Å². The Hall–Kier alpha value is -1.56. The van der Waals surface area contributed by atoms with Crippen molar-refractivity contribution >= 4 is 0 Å². The lowest BCUT2D eigenvalue weighted by atomic mass is 9.98. The summed E-state index contributed by atoms with van der Waals surface area (Å²) in [6.45, 7) is -1.33. The van der Waals surface area contributed by atoms with Crippen LogP contribution in [-0.4, -0.2) is 66.1 Å². The van der Waals surface area contributed by atoms with Crippen molar-refractivity contribution in [2.45, 2.75) is 37.3 Å². The highest BCUT2D eigenvalue weighted by Gasteiger charge is 2.45. The third-order valence-corrected chi connectivity index (χ3v) is 3.37. The molecule has 0 radical (unpaired) electrons. The molecule has 1 aromatic rings. The molecule has 1 aliphatic rings. The number of aromatic nitrogens is 2. The van der Waals surface area contributed by atoms with Crippen LogP contribution in [0.1, 0.15) is 11.8 Å². The maximum Gasteiger partial charge on any atom is 0.330 e. The smallest absolute Gasteiger partial charge is 0.330 e. The van der Waals surface area contributed by atoms with E-state index in [9.17, 15) is 24.9 Å². The Morgan fingerprint density at radius 3 is 2.38 bits per heavy atom. The van der Waals surface area contributed by atoms with Crippen molar-refractivity contribution in [3.05, 3.63) is 32.6 Å². The Bertz CT molecular complexity index is 609. The van der Waals surface area contributed by atoms with Gasteiger partial charge in [-0.2, -0.15) is 0 Å². The van der Waals surface area contributed by atoms with Gasteiger partial charge in [-0.1, -0.05) is 0 Å². The first-order chi connectivity index (χ1) is 9.92. The van der Waals surface area contributed by atoms with Gasteiger partial charge in [0, 0.05) is 6.20 Å². The maximum atomic E-state index is 12.0. The summed E-state index contributed by atoms with van der Waals surface area (Å²) in [7, 11) is 0. The van der Waals surface area contributed by atoms with Gasteiger partial charge < -0.3 is 35.3 Å². The Kier molecular flexibility index (Phi) is 4.56. The van der Waals surface area contributed by atoms with Gasteiger partial charge in [-0.25, -0.2) is 9.36 Å². The summed E-state index contributed by atoms with van der Waals surface area (Å²) in [6, 6.07) is 0. The zero-order valence-electron chi connectivity index (χ0n) is 10.8. The van der Waals surface area contributed by atoms with Crippen LogP contribution in [-0.2, 0) is 11.3 Å². The Balaban J connectivity index is 2.50. The van der Waals surface area contributed by atoms with E-state index < -0.39 is 55.1 Å². The lowest BCUT2D eigenvalue weighted by Gasteiger charge is -2.40. The molecule has 1 aromatic heterocycles. The van der Waals surface area contributed by atoms with Crippen LogP contribution in [0.3, 0.4) is 0 Å². The van der Waals surface area contributed by atoms with Crippen LogP contribution < -0.4 is 11.2 Å². The second kappa shape index (κ2) is 6.05. The van der Waals surface area contributed by atoms with Crippen LogP contribution in [0.25, 0.3) is 0 Å². The van der Waals surface area contributed by atoms with Crippen LogP contribution in [0.4, 0.5) is 0 Å². The minimum absolute atomic E-state index is 0.147. The van der Waals surface area contributed by atoms with Crippen LogP contribution >= 0.6 is 0 Å². The highest BCUT2D eigenvalue weighted by atomic mass is 16.6. The van der Waals surface area contributed by atoms with Gasteiger partial charge in [0.15, 0.2) is 6.23 Å². The molecule has 0 unspecified atom stereocenters. The molecule has 21 heavy (non-hydrogen) atoms. The third kappa shape index (κ3) is 2.64. The molecule has 1 aliphatic heterocycles. The SMILES string of the molecule is O=c1[nH]cc(CO)c(=O)n1[C@@H]1O[C@H](CO)[C@@H](O)[C@H](O)[C@H]1O. The third-order valence-electron chi connectivity index (χ3n) is 3.37. The molecular formula is C11H16N2O8. The molecule has 2 rings (SSSR count). The minimum Gasteiger partial charge on any atom is -0.394 e. The van der Waals surface area contributed by atoms with Gasteiger partial charge in [-0.15, -0.1) is 0 Å². The van der Waals surface area contributed by atoms with E-state index in [0.717, 1.165) is 6.20 Å². The first-order valence-electron chi connectivity index (χ1n) is 6.16. The summed E-state index contributed by atoms with van der Waals surface area (Å²) < 4.78 is 5.61. The van der Waals surface area contributed by atoms with Gasteiger partial charge in [-0.05, 0) is 0 Å². The number of nitrogens with one attached hydrogen (secondary N) is 1. The highest BCUT2D eigenvalue weighted by Crippen LogP contribution is 2.26. The fourth-order valence-corrected chi connectivity index (χ4v) is 2.17. The van der Waals surface area contributed by atoms with Gasteiger partial charge in [-0.3, -0.25) is 4.79 Å². The predicted octanol–water partition coefficient (Wildman–Crippen LogP) is -4.00. The molecule has 0 aliphatic carbocycles. The summed E-state index contributed by atoms with van der Waals surface area (Å²) in [5, 5.41) is 47.3. The summed E-state index contributed by atoms with van der Waals surface area (Å²) >= 11 is 0. The van der Waals surface area contributed by atoms with E-state index in [1.54, 1.807) is 0 Å². The molecule has 1 saturated heterocycles. The maximum absolute atomic E-state index is 12.0. The van der Waals surface area contributed by atoms with E-state index in [1.165, 1.54) is 0 Å². The average Bonchev–Trinajstić information content (AvgIpc) is 2.47. The molecule has 0 bridgehead atoms. The van der Waals surface area contributed by atoms with Gasteiger partial charge >= 0.3 is 5.69 Å². The van der Waals surface area contributed by atoms with Crippen molar-refractivity contribution < 1.29 is 30.3 Å². The van der Waals surface area contributed by atoms with Crippen molar-refractivity contribution in [3.8, 4) is 0 Å². The minimum atomic E-state index is -1.77. The van der Waals surface area contributed by atoms with Crippen LogP contribution in [0.2, 0.25) is 0 Å². The lowest BCUT2D eigenvalue weighted by molar-refractivity contribution is -0.252. The number of rotatable bonds is 3. The van der Waals surface area contributed by atoms with Crippen LogP contribution in [0, 0.1) is 0 Å². The topological polar surface area (TPSA) is 165 Å². The van der Waals surface area contributed by atoms with E-state index in [2.05, 4.69) is 4.98 Å². The summed E-state index contributed by atoms with van der Waals surface area (Å²) in [5.41, 5.74) is -1.99. The number of aromatic amines is 1. The number of aliphatic hydroxyl groups is 5. The monoisotopic (exact) mass is 304 g/mol. The lowest BCUT2D eigenvalue weighted by Crippen LogP contribution is -2.59. The highest BCUT2D eigenvalue weighted by molar-refractivity contribution is 5.04. The molecule has 5 atom stereocenters. The number of ether oxygens (including phenoxy) is 1. The number of nitrogens with zero attached hydrogens (tertiary/aromatic N) is 1. The largest absolute Gasteiger partial charge is 0.394 e. The molecule has 6 N–H and O–H groups in total. The molecular weight excluding hydrogens is 288 g/mol. The van der Waals surface area contributed by atoms with Crippen LogP contribution in [0.15, 0.2) is 15.8 Å². The second-order valence-corrected chi connectivity index (χ2v) is 4.67. The Morgan fingerprint density at radius 2 is 1.81 bits per heavy atom. The molecule has 118 valence electrons. The van der Waals surface area contributed by atoms with Gasteiger partial charge in [0.2, 0.25) is 0 Å². The molecule has 10 heteroatoms. The first-order valence-corrected chi connectivity index (χ1v) is 6.16. The molecule has 0 saturated carbocycles. The Morgan fingerprint density at radius 1 is 1.14 bits per heavy atom. The van der Waals surface area contributed by atoms with E-state index in [0.29, 0.717) is 4.57 Å². The quantitative estimate of drug-likeness (QED) is 0.329. The van der Waals surface area contributed by atoms with E-state index >= 15 is 0 Å². The number of hydrogen-bond acceptors (Lipinski definition) is 8. The van der Waals surface area contributed by atoms with Crippen molar-refractivity contribution in [2.75, 3.05) is 6.61 Å². The standard InChI is InChI=1S/C11H16N2O8/c14-2-4-1-12-11(20)13(9(4)19)10-8(18)7(17)6(16)5(3-15)21-10/h1,5-8,10,14-18H,2-3H2,(H,12,20)/t5-,6-,7+,8-,10-/m1/s1. The fourth-order valence-electron chi connectivity index (χ4n) is 2.17. The zero-order valence-corrected chi connectivity index (χ0v) is 10.8. The van der Waals surface area contributed by atoms with E-state index in [4.69, 9.17) is 14.9 Å². The summed E-state index contributed by atoms with van der Waals surface area (Å²) in [5.74, 6) is 0. The molecule has 0 amide bonds. The molecule has 10 nitrogen and oxygen atoms in total. The van der Waals surface area contributed by atoms with Crippen molar-refractivity contribution in [1.29, 1.82) is 0 Å². The van der Waals surface area contributed by atoms with Crippen LogP contribution in [0.5, 0.6) is 0 Å².